The summed E-state index contributed by atoms with van der Waals surface area (Å²) in [6.07, 6.45) is 1.70. The van der Waals surface area contributed by atoms with Crippen LogP contribution in [0.3, 0.4) is 0 Å². The third kappa shape index (κ3) is 2.68. The SMILES string of the molecule is O=C1C(=Cc2c(-c3ccc4ccccc4c3)[nH]c3ccccc23)Oc2c1ccc(O)c2O. The van der Waals surface area contributed by atoms with Gasteiger partial charge < -0.3 is 19.9 Å². The number of phenolic OH excluding ortho intramolecular Hbond substituents is 2. The number of aromatic amines is 1. The van der Waals surface area contributed by atoms with Crippen LogP contribution in [0.1, 0.15) is 15.9 Å². The molecule has 6 rings (SSSR count). The van der Waals surface area contributed by atoms with Gasteiger partial charge >= 0.3 is 0 Å². The van der Waals surface area contributed by atoms with Crippen molar-refractivity contribution < 1.29 is 19.7 Å². The Morgan fingerprint density at radius 3 is 2.50 bits per heavy atom. The number of Topliss-reactive ketones (excluding diaryl/α,β-unsaturated/α-hetero) is 1. The zero-order chi connectivity index (χ0) is 21.8. The van der Waals surface area contributed by atoms with Crippen molar-refractivity contribution in [1.29, 1.82) is 0 Å². The molecular weight excluding hydrogens is 402 g/mol. The first-order chi connectivity index (χ1) is 15.6. The molecule has 1 aromatic heterocycles. The maximum absolute atomic E-state index is 12.9. The maximum Gasteiger partial charge on any atom is 0.232 e. The molecule has 5 aromatic rings. The number of allylic oxidation sites excluding steroid dienone is 1. The lowest BCUT2D eigenvalue weighted by molar-refractivity contribution is 0.101. The smallest absolute Gasteiger partial charge is 0.232 e. The Balaban J connectivity index is 1.55. The fourth-order valence-electron chi connectivity index (χ4n) is 4.24. The molecule has 0 saturated carbocycles. The summed E-state index contributed by atoms with van der Waals surface area (Å²) in [6, 6.07) is 25.0. The lowest BCUT2D eigenvalue weighted by Crippen LogP contribution is -1.98. The molecule has 1 aliphatic heterocycles. The molecule has 0 unspecified atom stereocenters. The average Bonchev–Trinajstić information content (AvgIpc) is 3.34. The summed E-state index contributed by atoms with van der Waals surface area (Å²) in [5, 5.41) is 23.1. The van der Waals surface area contributed by atoms with Gasteiger partial charge in [0.25, 0.3) is 0 Å². The lowest BCUT2D eigenvalue weighted by atomic mass is 10.0. The molecular formula is C27H17NO4. The van der Waals surface area contributed by atoms with Crippen LogP contribution in [0.25, 0.3) is 39.0 Å². The summed E-state index contributed by atoms with van der Waals surface area (Å²) >= 11 is 0. The predicted octanol–water partition coefficient (Wildman–Crippen LogP) is 6.02. The van der Waals surface area contributed by atoms with Gasteiger partial charge in [0.05, 0.1) is 11.3 Å². The van der Waals surface area contributed by atoms with Crippen molar-refractivity contribution in [2.75, 3.05) is 0 Å². The van der Waals surface area contributed by atoms with Crippen LogP contribution < -0.4 is 4.74 Å². The molecule has 5 heteroatoms. The van der Waals surface area contributed by atoms with Crippen LogP contribution in [0.2, 0.25) is 0 Å². The first-order valence-electron chi connectivity index (χ1n) is 10.2. The molecule has 0 bridgehead atoms. The van der Waals surface area contributed by atoms with Crippen molar-refractivity contribution >= 4 is 33.5 Å². The first-order valence-corrected chi connectivity index (χ1v) is 10.2. The van der Waals surface area contributed by atoms with Gasteiger partial charge in [-0.2, -0.15) is 0 Å². The summed E-state index contributed by atoms with van der Waals surface area (Å²) in [5.74, 6) is -1.04. The van der Waals surface area contributed by atoms with Crippen LogP contribution in [0.5, 0.6) is 17.2 Å². The van der Waals surface area contributed by atoms with E-state index in [2.05, 4.69) is 29.2 Å². The molecule has 4 aromatic carbocycles. The highest BCUT2D eigenvalue weighted by Gasteiger charge is 2.32. The molecule has 2 heterocycles. The largest absolute Gasteiger partial charge is 0.504 e. The van der Waals surface area contributed by atoms with E-state index in [0.717, 1.165) is 38.5 Å². The van der Waals surface area contributed by atoms with Gasteiger partial charge in [-0.3, -0.25) is 4.79 Å². The number of phenols is 2. The quantitative estimate of drug-likeness (QED) is 0.242. The third-order valence-electron chi connectivity index (χ3n) is 5.85. The number of benzene rings is 4. The van der Waals surface area contributed by atoms with Crippen molar-refractivity contribution in [3.05, 3.63) is 95.7 Å². The van der Waals surface area contributed by atoms with Gasteiger partial charge in [0.1, 0.15) is 0 Å². The third-order valence-corrected chi connectivity index (χ3v) is 5.85. The van der Waals surface area contributed by atoms with Crippen LogP contribution in [-0.4, -0.2) is 21.0 Å². The van der Waals surface area contributed by atoms with Crippen molar-refractivity contribution in [3.8, 4) is 28.5 Å². The first kappa shape index (κ1) is 18.3. The van der Waals surface area contributed by atoms with Gasteiger partial charge in [-0.1, -0.05) is 54.6 Å². The molecule has 0 amide bonds. The highest BCUT2D eigenvalue weighted by atomic mass is 16.5. The van der Waals surface area contributed by atoms with E-state index >= 15 is 0 Å². The summed E-state index contributed by atoms with van der Waals surface area (Å²) in [6.45, 7) is 0. The van der Waals surface area contributed by atoms with Gasteiger partial charge in [-0.25, -0.2) is 0 Å². The number of ketones is 1. The molecule has 0 aliphatic carbocycles. The molecule has 154 valence electrons. The van der Waals surface area contributed by atoms with E-state index in [0.29, 0.717) is 0 Å². The highest BCUT2D eigenvalue weighted by molar-refractivity contribution is 6.16. The topological polar surface area (TPSA) is 82.6 Å². The van der Waals surface area contributed by atoms with Gasteiger partial charge in [-0.05, 0) is 46.7 Å². The molecule has 0 saturated heterocycles. The Bertz CT molecular complexity index is 1590. The number of hydrogen-bond donors (Lipinski definition) is 3. The monoisotopic (exact) mass is 419 g/mol. The molecule has 1 aliphatic rings. The van der Waals surface area contributed by atoms with Crippen molar-refractivity contribution in [2.24, 2.45) is 0 Å². The van der Waals surface area contributed by atoms with Crippen LogP contribution in [0.15, 0.2) is 84.6 Å². The summed E-state index contributed by atoms with van der Waals surface area (Å²) in [4.78, 5) is 16.4. The van der Waals surface area contributed by atoms with E-state index in [1.54, 1.807) is 6.08 Å². The van der Waals surface area contributed by atoms with Crippen LogP contribution >= 0.6 is 0 Å². The fraction of sp³-hybridized carbons (Fsp3) is 0. The lowest BCUT2D eigenvalue weighted by Gasteiger charge is -2.05. The number of fused-ring (bicyclic) bond motifs is 3. The summed E-state index contributed by atoms with van der Waals surface area (Å²) < 4.78 is 5.70. The molecule has 5 nitrogen and oxygen atoms in total. The van der Waals surface area contributed by atoms with E-state index in [9.17, 15) is 15.0 Å². The second-order valence-electron chi connectivity index (χ2n) is 7.77. The number of ether oxygens (including phenoxy) is 1. The Morgan fingerprint density at radius 1 is 0.844 bits per heavy atom. The molecule has 0 spiro atoms. The average molecular weight is 419 g/mol. The summed E-state index contributed by atoms with van der Waals surface area (Å²) in [5.41, 5.74) is 3.82. The van der Waals surface area contributed by atoms with Gasteiger partial charge in [0, 0.05) is 16.5 Å². The van der Waals surface area contributed by atoms with E-state index in [-0.39, 0.29) is 28.6 Å². The van der Waals surface area contributed by atoms with Crippen LogP contribution in [-0.2, 0) is 0 Å². The fourth-order valence-corrected chi connectivity index (χ4v) is 4.24. The number of carbonyl (C=O) groups is 1. The van der Waals surface area contributed by atoms with Crippen molar-refractivity contribution in [3.63, 3.8) is 0 Å². The molecule has 0 fully saturated rings. The van der Waals surface area contributed by atoms with E-state index in [1.165, 1.54) is 12.1 Å². The maximum atomic E-state index is 12.9. The zero-order valence-electron chi connectivity index (χ0n) is 16.8. The Kier molecular flexibility index (Phi) is 3.86. The Hall–Kier alpha value is -4.51. The van der Waals surface area contributed by atoms with E-state index < -0.39 is 5.75 Å². The standard InChI is InChI=1S/C27H17NO4/c29-22-12-11-19-25(30)23(32-27(19)26(22)31)14-20-18-7-3-4-8-21(18)28-24(20)17-10-9-15-5-1-2-6-16(15)13-17/h1-14,28-29,31H. The Labute approximate surface area is 182 Å². The minimum atomic E-state index is -0.437. The number of H-pyrrole nitrogens is 1. The second kappa shape index (κ2) is 6.75. The summed E-state index contributed by atoms with van der Waals surface area (Å²) in [7, 11) is 0. The number of carbonyl (C=O) groups excluding carboxylic acids is 1. The normalized spacial score (nSPS) is 14.2. The van der Waals surface area contributed by atoms with Gasteiger partial charge in [0.15, 0.2) is 17.3 Å². The Morgan fingerprint density at radius 2 is 1.62 bits per heavy atom. The predicted molar refractivity (Wildman–Crippen MR) is 124 cm³/mol. The highest BCUT2D eigenvalue weighted by Crippen LogP contribution is 2.45. The van der Waals surface area contributed by atoms with Crippen molar-refractivity contribution in [1.82, 2.24) is 4.98 Å². The molecule has 0 radical (unpaired) electrons. The minimum Gasteiger partial charge on any atom is -0.504 e. The van der Waals surface area contributed by atoms with Gasteiger partial charge in [0.2, 0.25) is 11.5 Å². The van der Waals surface area contributed by atoms with Crippen LogP contribution in [0, 0.1) is 0 Å². The molecule has 0 atom stereocenters. The van der Waals surface area contributed by atoms with E-state index in [1.807, 2.05) is 42.5 Å². The molecule has 32 heavy (non-hydrogen) atoms. The molecule has 3 N–H and O–H groups in total. The number of para-hydroxylation sites is 1. The van der Waals surface area contributed by atoms with Crippen molar-refractivity contribution in [2.45, 2.75) is 0 Å². The number of nitrogens with one attached hydrogen (secondary N) is 1. The van der Waals surface area contributed by atoms with Gasteiger partial charge in [-0.15, -0.1) is 0 Å². The van der Waals surface area contributed by atoms with Crippen LogP contribution in [0.4, 0.5) is 0 Å². The number of rotatable bonds is 2. The number of aromatic nitrogens is 1. The number of aromatic hydroxyl groups is 2. The second-order valence-corrected chi connectivity index (χ2v) is 7.77. The zero-order valence-corrected chi connectivity index (χ0v) is 16.8. The minimum absolute atomic E-state index is 0.0200. The van der Waals surface area contributed by atoms with E-state index in [4.69, 9.17) is 4.74 Å². The number of hydrogen-bond acceptors (Lipinski definition) is 4.